The zero-order valence-electron chi connectivity index (χ0n) is 15.5. The average Bonchev–Trinajstić information content (AvgIpc) is 2.91. The standard InChI is InChI=1S/C20H29N3O/c1-6-9-17-19(20(24)21-13-14(3)4)18(7-2)23(22-17)16-11-8-10-15(5)12-16/h8,10-12,14H,6-7,9,13H2,1-5H3,(H,21,24). The van der Waals surface area contributed by atoms with Gasteiger partial charge < -0.3 is 5.32 Å². The zero-order chi connectivity index (χ0) is 17.7. The van der Waals surface area contributed by atoms with Crippen LogP contribution in [0.25, 0.3) is 5.69 Å². The summed E-state index contributed by atoms with van der Waals surface area (Å²) >= 11 is 0. The van der Waals surface area contributed by atoms with Gasteiger partial charge in [-0.25, -0.2) is 4.68 Å². The molecular weight excluding hydrogens is 298 g/mol. The summed E-state index contributed by atoms with van der Waals surface area (Å²) in [5.74, 6) is 0.434. The van der Waals surface area contributed by atoms with Crippen LogP contribution in [0.5, 0.6) is 0 Å². The third-order valence-corrected chi connectivity index (χ3v) is 4.02. The van der Waals surface area contributed by atoms with E-state index in [1.165, 1.54) is 5.56 Å². The lowest BCUT2D eigenvalue weighted by Gasteiger charge is -2.10. The lowest BCUT2D eigenvalue weighted by atomic mass is 10.1. The van der Waals surface area contributed by atoms with Crippen LogP contribution in [0.1, 0.15) is 61.4 Å². The number of nitrogens with zero attached hydrogens (tertiary/aromatic N) is 2. The number of hydrogen-bond acceptors (Lipinski definition) is 2. The normalized spacial score (nSPS) is 11.1. The van der Waals surface area contributed by atoms with E-state index in [4.69, 9.17) is 5.10 Å². The molecule has 24 heavy (non-hydrogen) atoms. The molecule has 1 N–H and O–H groups in total. The maximum atomic E-state index is 12.8. The van der Waals surface area contributed by atoms with E-state index in [1.54, 1.807) is 0 Å². The minimum Gasteiger partial charge on any atom is -0.352 e. The first-order chi connectivity index (χ1) is 11.5. The van der Waals surface area contributed by atoms with Gasteiger partial charge in [0, 0.05) is 6.54 Å². The summed E-state index contributed by atoms with van der Waals surface area (Å²) in [6.45, 7) is 11.2. The van der Waals surface area contributed by atoms with Crippen molar-refractivity contribution in [1.82, 2.24) is 15.1 Å². The predicted molar refractivity (Wildman–Crippen MR) is 98.8 cm³/mol. The highest BCUT2D eigenvalue weighted by atomic mass is 16.1. The number of amides is 1. The molecule has 0 spiro atoms. The average molecular weight is 327 g/mol. The minimum atomic E-state index is 0.00269. The Hall–Kier alpha value is -2.10. The van der Waals surface area contributed by atoms with E-state index >= 15 is 0 Å². The van der Waals surface area contributed by atoms with Crippen LogP contribution in [0.2, 0.25) is 0 Å². The molecule has 1 heterocycles. The number of aromatic nitrogens is 2. The van der Waals surface area contributed by atoms with Crippen molar-refractivity contribution >= 4 is 5.91 Å². The SMILES string of the molecule is CCCc1nn(-c2cccc(C)c2)c(CC)c1C(=O)NCC(C)C. The Bertz CT molecular complexity index is 701. The van der Waals surface area contributed by atoms with Crippen molar-refractivity contribution in [3.8, 4) is 5.69 Å². The number of rotatable bonds is 7. The Morgan fingerprint density at radius 3 is 2.62 bits per heavy atom. The topological polar surface area (TPSA) is 46.9 Å². The monoisotopic (exact) mass is 327 g/mol. The molecule has 1 aromatic heterocycles. The van der Waals surface area contributed by atoms with Crippen LogP contribution in [0.4, 0.5) is 0 Å². The summed E-state index contributed by atoms with van der Waals surface area (Å²) in [7, 11) is 0. The van der Waals surface area contributed by atoms with Crippen LogP contribution < -0.4 is 5.32 Å². The maximum absolute atomic E-state index is 12.8. The molecule has 1 aromatic carbocycles. The van der Waals surface area contributed by atoms with Gasteiger partial charge in [0.1, 0.15) is 0 Å². The highest BCUT2D eigenvalue weighted by Crippen LogP contribution is 2.22. The molecule has 0 fully saturated rings. The van der Waals surface area contributed by atoms with Gasteiger partial charge in [-0.05, 0) is 43.4 Å². The van der Waals surface area contributed by atoms with Gasteiger partial charge in [0.25, 0.3) is 5.91 Å². The Morgan fingerprint density at radius 1 is 1.29 bits per heavy atom. The van der Waals surface area contributed by atoms with Gasteiger partial charge in [-0.1, -0.05) is 46.2 Å². The van der Waals surface area contributed by atoms with Gasteiger partial charge in [-0.15, -0.1) is 0 Å². The highest BCUT2D eigenvalue weighted by molar-refractivity contribution is 5.96. The van der Waals surface area contributed by atoms with E-state index in [1.807, 2.05) is 16.8 Å². The van der Waals surface area contributed by atoms with Crippen molar-refractivity contribution in [2.75, 3.05) is 6.54 Å². The van der Waals surface area contributed by atoms with Gasteiger partial charge in [-0.3, -0.25) is 4.79 Å². The first-order valence-electron chi connectivity index (χ1n) is 8.93. The molecule has 0 atom stereocenters. The molecule has 0 aliphatic heterocycles. The summed E-state index contributed by atoms with van der Waals surface area (Å²) in [4.78, 5) is 12.8. The molecule has 4 heteroatoms. The number of carbonyl (C=O) groups is 1. The molecular formula is C20H29N3O. The summed E-state index contributed by atoms with van der Waals surface area (Å²) < 4.78 is 1.95. The van der Waals surface area contributed by atoms with Gasteiger partial charge in [-0.2, -0.15) is 5.10 Å². The second kappa shape index (κ2) is 8.13. The summed E-state index contributed by atoms with van der Waals surface area (Å²) in [5.41, 5.74) is 4.86. The number of aryl methyl sites for hydroxylation is 2. The van der Waals surface area contributed by atoms with Crippen LogP contribution in [0.3, 0.4) is 0 Å². The van der Waals surface area contributed by atoms with E-state index in [2.05, 4.69) is 52.1 Å². The van der Waals surface area contributed by atoms with Gasteiger partial charge in [0.05, 0.1) is 22.6 Å². The number of benzene rings is 1. The van der Waals surface area contributed by atoms with Crippen LogP contribution in [-0.4, -0.2) is 22.2 Å². The lowest BCUT2D eigenvalue weighted by Crippen LogP contribution is -2.28. The highest BCUT2D eigenvalue weighted by Gasteiger charge is 2.23. The van der Waals surface area contributed by atoms with Crippen molar-refractivity contribution in [3.63, 3.8) is 0 Å². The number of hydrogen-bond donors (Lipinski definition) is 1. The Labute approximate surface area is 145 Å². The third-order valence-electron chi connectivity index (χ3n) is 4.02. The summed E-state index contributed by atoms with van der Waals surface area (Å²) in [6, 6.07) is 8.26. The molecule has 2 aromatic rings. The minimum absolute atomic E-state index is 0.00269. The van der Waals surface area contributed by atoms with E-state index < -0.39 is 0 Å². The number of nitrogens with one attached hydrogen (secondary N) is 1. The van der Waals surface area contributed by atoms with E-state index in [-0.39, 0.29) is 5.91 Å². The molecule has 0 radical (unpaired) electrons. The molecule has 0 saturated carbocycles. The summed E-state index contributed by atoms with van der Waals surface area (Å²) in [5, 5.41) is 7.84. The quantitative estimate of drug-likeness (QED) is 0.833. The number of carbonyl (C=O) groups excluding carboxylic acids is 1. The first-order valence-corrected chi connectivity index (χ1v) is 8.93. The van der Waals surface area contributed by atoms with E-state index in [0.29, 0.717) is 12.5 Å². The van der Waals surface area contributed by atoms with Crippen molar-refractivity contribution in [2.45, 2.75) is 53.9 Å². The van der Waals surface area contributed by atoms with E-state index in [0.717, 1.165) is 41.9 Å². The third kappa shape index (κ3) is 4.05. The predicted octanol–water partition coefficient (Wildman–Crippen LogP) is 4.08. The second-order valence-electron chi connectivity index (χ2n) is 6.73. The Balaban J connectivity index is 2.50. The zero-order valence-corrected chi connectivity index (χ0v) is 15.5. The first kappa shape index (κ1) is 18.2. The fourth-order valence-electron chi connectivity index (χ4n) is 2.86. The second-order valence-corrected chi connectivity index (χ2v) is 6.73. The van der Waals surface area contributed by atoms with Crippen LogP contribution in [-0.2, 0) is 12.8 Å². The molecule has 130 valence electrons. The summed E-state index contributed by atoms with van der Waals surface area (Å²) in [6.07, 6.45) is 2.56. The van der Waals surface area contributed by atoms with Crippen molar-refractivity contribution in [3.05, 3.63) is 46.8 Å². The van der Waals surface area contributed by atoms with Crippen LogP contribution >= 0.6 is 0 Å². The Kier molecular flexibility index (Phi) is 6.18. The Morgan fingerprint density at radius 2 is 2.04 bits per heavy atom. The van der Waals surface area contributed by atoms with Crippen LogP contribution in [0, 0.1) is 12.8 Å². The van der Waals surface area contributed by atoms with Crippen molar-refractivity contribution in [1.29, 1.82) is 0 Å². The molecule has 0 unspecified atom stereocenters. The molecule has 0 saturated heterocycles. The van der Waals surface area contributed by atoms with E-state index in [9.17, 15) is 4.79 Å². The molecule has 2 rings (SSSR count). The van der Waals surface area contributed by atoms with Crippen molar-refractivity contribution in [2.24, 2.45) is 5.92 Å². The molecule has 1 amide bonds. The van der Waals surface area contributed by atoms with Crippen LogP contribution in [0.15, 0.2) is 24.3 Å². The molecule has 0 bridgehead atoms. The van der Waals surface area contributed by atoms with Gasteiger partial charge in [0.15, 0.2) is 0 Å². The molecule has 0 aliphatic rings. The molecule has 0 aliphatic carbocycles. The molecule has 4 nitrogen and oxygen atoms in total. The lowest BCUT2D eigenvalue weighted by molar-refractivity contribution is 0.0947. The largest absolute Gasteiger partial charge is 0.352 e. The van der Waals surface area contributed by atoms with Gasteiger partial charge >= 0.3 is 0 Å². The maximum Gasteiger partial charge on any atom is 0.255 e. The fraction of sp³-hybridized carbons (Fsp3) is 0.500. The fourth-order valence-corrected chi connectivity index (χ4v) is 2.86. The van der Waals surface area contributed by atoms with Gasteiger partial charge in [0.2, 0.25) is 0 Å². The smallest absolute Gasteiger partial charge is 0.255 e. The van der Waals surface area contributed by atoms with Crippen molar-refractivity contribution < 1.29 is 4.79 Å².